The second kappa shape index (κ2) is 5.11. The number of pyridine rings is 1. The third-order valence-corrected chi connectivity index (χ3v) is 2.15. The summed E-state index contributed by atoms with van der Waals surface area (Å²) in [5, 5.41) is 9.09. The zero-order valence-electron chi connectivity index (χ0n) is 9.30. The highest BCUT2D eigenvalue weighted by Gasteiger charge is 2.05. The molecule has 0 aliphatic rings. The second-order valence-corrected chi connectivity index (χ2v) is 3.40. The SMILES string of the molecule is COc1cc(CC(=O)Nc2ccn[nH]2)ccn1. The van der Waals surface area contributed by atoms with Crippen LogP contribution in [0.5, 0.6) is 5.88 Å². The van der Waals surface area contributed by atoms with Gasteiger partial charge in [0.15, 0.2) is 0 Å². The van der Waals surface area contributed by atoms with Gasteiger partial charge < -0.3 is 10.1 Å². The molecule has 6 nitrogen and oxygen atoms in total. The van der Waals surface area contributed by atoms with Gasteiger partial charge in [0.2, 0.25) is 11.8 Å². The summed E-state index contributed by atoms with van der Waals surface area (Å²) in [6, 6.07) is 5.19. The number of aromatic amines is 1. The molecule has 0 bridgehead atoms. The van der Waals surface area contributed by atoms with Gasteiger partial charge in [-0.2, -0.15) is 5.10 Å². The molecule has 6 heteroatoms. The molecular formula is C11H12N4O2. The molecule has 2 aromatic rings. The molecule has 2 aromatic heterocycles. The maximum absolute atomic E-state index is 11.7. The summed E-state index contributed by atoms with van der Waals surface area (Å²) < 4.78 is 4.98. The Morgan fingerprint density at radius 1 is 1.47 bits per heavy atom. The van der Waals surface area contributed by atoms with E-state index in [1.165, 1.54) is 7.11 Å². The van der Waals surface area contributed by atoms with Crippen molar-refractivity contribution in [1.82, 2.24) is 15.2 Å². The van der Waals surface area contributed by atoms with Crippen LogP contribution in [-0.2, 0) is 11.2 Å². The van der Waals surface area contributed by atoms with Gasteiger partial charge in [0.05, 0.1) is 19.7 Å². The van der Waals surface area contributed by atoms with Gasteiger partial charge in [0.1, 0.15) is 5.82 Å². The van der Waals surface area contributed by atoms with E-state index in [9.17, 15) is 4.79 Å². The van der Waals surface area contributed by atoms with E-state index in [1.807, 2.05) is 0 Å². The van der Waals surface area contributed by atoms with E-state index in [1.54, 1.807) is 30.6 Å². The van der Waals surface area contributed by atoms with Crippen molar-refractivity contribution in [2.24, 2.45) is 0 Å². The fourth-order valence-corrected chi connectivity index (χ4v) is 1.38. The number of hydrogen-bond donors (Lipinski definition) is 2. The molecule has 17 heavy (non-hydrogen) atoms. The van der Waals surface area contributed by atoms with E-state index in [-0.39, 0.29) is 12.3 Å². The number of amides is 1. The number of H-pyrrole nitrogens is 1. The van der Waals surface area contributed by atoms with Crippen molar-refractivity contribution in [3.63, 3.8) is 0 Å². The van der Waals surface area contributed by atoms with Crippen LogP contribution in [0.4, 0.5) is 5.82 Å². The van der Waals surface area contributed by atoms with Crippen molar-refractivity contribution < 1.29 is 9.53 Å². The molecule has 2 rings (SSSR count). The van der Waals surface area contributed by atoms with Crippen molar-refractivity contribution in [2.45, 2.75) is 6.42 Å². The minimum Gasteiger partial charge on any atom is -0.481 e. The number of rotatable bonds is 4. The van der Waals surface area contributed by atoms with E-state index in [0.717, 1.165) is 5.56 Å². The lowest BCUT2D eigenvalue weighted by atomic mass is 10.2. The number of ether oxygens (including phenoxy) is 1. The summed E-state index contributed by atoms with van der Waals surface area (Å²) in [6.45, 7) is 0. The first kappa shape index (κ1) is 11.1. The third kappa shape index (κ3) is 3.04. The van der Waals surface area contributed by atoms with E-state index in [0.29, 0.717) is 11.7 Å². The van der Waals surface area contributed by atoms with E-state index in [2.05, 4.69) is 20.5 Å². The zero-order valence-corrected chi connectivity index (χ0v) is 9.30. The molecule has 0 saturated carbocycles. The van der Waals surface area contributed by atoms with Crippen molar-refractivity contribution in [2.75, 3.05) is 12.4 Å². The Hall–Kier alpha value is -2.37. The molecule has 0 unspecified atom stereocenters. The van der Waals surface area contributed by atoms with Gasteiger partial charge in [-0.1, -0.05) is 0 Å². The minimum absolute atomic E-state index is 0.123. The summed E-state index contributed by atoms with van der Waals surface area (Å²) in [6.07, 6.45) is 3.45. The highest BCUT2D eigenvalue weighted by atomic mass is 16.5. The highest BCUT2D eigenvalue weighted by molar-refractivity contribution is 5.91. The number of carbonyl (C=O) groups excluding carboxylic acids is 1. The van der Waals surface area contributed by atoms with E-state index < -0.39 is 0 Å². The Morgan fingerprint density at radius 3 is 3.06 bits per heavy atom. The van der Waals surface area contributed by atoms with Crippen LogP contribution in [0, 0.1) is 0 Å². The minimum atomic E-state index is -0.123. The zero-order chi connectivity index (χ0) is 12.1. The van der Waals surface area contributed by atoms with Crippen LogP contribution in [-0.4, -0.2) is 28.2 Å². The molecule has 1 amide bonds. The maximum Gasteiger partial charge on any atom is 0.229 e. The van der Waals surface area contributed by atoms with Crippen molar-refractivity contribution in [3.05, 3.63) is 36.2 Å². The van der Waals surface area contributed by atoms with Gasteiger partial charge in [0.25, 0.3) is 0 Å². The molecule has 0 saturated heterocycles. The Morgan fingerprint density at radius 2 is 2.35 bits per heavy atom. The first-order valence-corrected chi connectivity index (χ1v) is 5.06. The van der Waals surface area contributed by atoms with Crippen LogP contribution in [0.25, 0.3) is 0 Å². The summed E-state index contributed by atoms with van der Waals surface area (Å²) in [5.74, 6) is 0.954. The number of methoxy groups -OCH3 is 1. The Balaban J connectivity index is 1.98. The standard InChI is InChI=1S/C11H12N4O2/c1-17-11-7-8(2-4-12-11)6-10(16)14-9-3-5-13-15-9/h2-5,7H,6H2,1H3,(H2,13,14,15,16). The van der Waals surface area contributed by atoms with Gasteiger partial charge in [-0.05, 0) is 11.6 Å². The quantitative estimate of drug-likeness (QED) is 0.824. The average Bonchev–Trinajstić information content (AvgIpc) is 2.82. The number of nitrogens with one attached hydrogen (secondary N) is 2. The molecule has 0 fully saturated rings. The smallest absolute Gasteiger partial charge is 0.229 e. The normalized spacial score (nSPS) is 9.94. The van der Waals surface area contributed by atoms with Crippen LogP contribution in [0.15, 0.2) is 30.6 Å². The van der Waals surface area contributed by atoms with Crippen molar-refractivity contribution >= 4 is 11.7 Å². The first-order valence-electron chi connectivity index (χ1n) is 5.06. The summed E-state index contributed by atoms with van der Waals surface area (Å²) in [4.78, 5) is 15.6. The third-order valence-electron chi connectivity index (χ3n) is 2.15. The molecule has 2 N–H and O–H groups in total. The Kier molecular flexibility index (Phi) is 3.34. The van der Waals surface area contributed by atoms with Crippen LogP contribution >= 0.6 is 0 Å². The van der Waals surface area contributed by atoms with Gasteiger partial charge in [-0.3, -0.25) is 9.89 Å². The van der Waals surface area contributed by atoms with Gasteiger partial charge in [0, 0.05) is 18.3 Å². The fraction of sp³-hybridized carbons (Fsp3) is 0.182. The average molecular weight is 232 g/mol. The molecule has 0 atom stereocenters. The Labute approximate surface area is 98.0 Å². The highest BCUT2D eigenvalue weighted by Crippen LogP contribution is 2.10. The molecular weight excluding hydrogens is 220 g/mol. The number of aromatic nitrogens is 3. The number of carbonyl (C=O) groups is 1. The van der Waals surface area contributed by atoms with Crippen molar-refractivity contribution in [1.29, 1.82) is 0 Å². The molecule has 0 radical (unpaired) electrons. The van der Waals surface area contributed by atoms with Gasteiger partial charge in [-0.15, -0.1) is 0 Å². The topological polar surface area (TPSA) is 79.9 Å². The number of nitrogens with zero attached hydrogens (tertiary/aromatic N) is 2. The van der Waals surface area contributed by atoms with Crippen LogP contribution in [0.2, 0.25) is 0 Å². The van der Waals surface area contributed by atoms with Gasteiger partial charge >= 0.3 is 0 Å². The summed E-state index contributed by atoms with van der Waals surface area (Å²) >= 11 is 0. The molecule has 0 aliphatic carbocycles. The van der Waals surface area contributed by atoms with Crippen LogP contribution < -0.4 is 10.1 Å². The Bertz CT molecular complexity index is 496. The van der Waals surface area contributed by atoms with E-state index in [4.69, 9.17) is 4.74 Å². The van der Waals surface area contributed by atoms with Crippen LogP contribution in [0.3, 0.4) is 0 Å². The molecule has 0 aromatic carbocycles. The molecule has 2 heterocycles. The second-order valence-electron chi connectivity index (χ2n) is 3.40. The van der Waals surface area contributed by atoms with E-state index >= 15 is 0 Å². The molecule has 0 spiro atoms. The predicted molar refractivity (Wildman–Crippen MR) is 61.7 cm³/mol. The lowest BCUT2D eigenvalue weighted by Crippen LogP contribution is -2.14. The van der Waals surface area contributed by atoms with Crippen molar-refractivity contribution in [3.8, 4) is 5.88 Å². The first-order chi connectivity index (χ1) is 8.28. The fourth-order valence-electron chi connectivity index (χ4n) is 1.38. The largest absolute Gasteiger partial charge is 0.481 e. The monoisotopic (exact) mass is 232 g/mol. The summed E-state index contributed by atoms with van der Waals surface area (Å²) in [5.41, 5.74) is 0.842. The number of hydrogen-bond acceptors (Lipinski definition) is 4. The maximum atomic E-state index is 11.7. The molecule has 88 valence electrons. The summed E-state index contributed by atoms with van der Waals surface area (Å²) in [7, 11) is 1.54. The lowest BCUT2D eigenvalue weighted by Gasteiger charge is -2.04. The molecule has 0 aliphatic heterocycles. The number of anilines is 1. The van der Waals surface area contributed by atoms with Crippen LogP contribution in [0.1, 0.15) is 5.56 Å². The predicted octanol–water partition coefficient (Wildman–Crippen LogP) is 0.994. The van der Waals surface area contributed by atoms with Gasteiger partial charge in [-0.25, -0.2) is 4.98 Å². The lowest BCUT2D eigenvalue weighted by molar-refractivity contribution is -0.115.